The van der Waals surface area contributed by atoms with E-state index in [0.29, 0.717) is 10.8 Å². The first-order valence-corrected chi connectivity index (χ1v) is 10.8. The van der Waals surface area contributed by atoms with Crippen LogP contribution in [0.3, 0.4) is 0 Å². The van der Waals surface area contributed by atoms with Crippen molar-refractivity contribution in [3.63, 3.8) is 0 Å². The normalized spacial score (nSPS) is 25.0. The molecule has 0 aliphatic carbocycles. The fraction of sp³-hybridized carbons (Fsp3) is 0.696. The molecule has 3 heterocycles. The molecule has 2 aliphatic heterocycles. The molecule has 4 nitrogen and oxygen atoms in total. The first-order valence-electron chi connectivity index (χ1n) is 10.8. The lowest BCUT2D eigenvalue weighted by Gasteiger charge is -2.42. The van der Waals surface area contributed by atoms with Gasteiger partial charge in [-0.05, 0) is 62.2 Å². The molecule has 0 amide bonds. The summed E-state index contributed by atoms with van der Waals surface area (Å²) >= 11 is 0. The number of benzene rings is 1. The molecule has 2 fully saturated rings. The van der Waals surface area contributed by atoms with Crippen LogP contribution in [0, 0.1) is 10.8 Å². The maximum Gasteiger partial charge on any atom is 0.124 e. The van der Waals surface area contributed by atoms with Gasteiger partial charge in [0, 0.05) is 26.2 Å². The number of imidazole rings is 1. The summed E-state index contributed by atoms with van der Waals surface area (Å²) in [5, 5.41) is 0. The van der Waals surface area contributed by atoms with Gasteiger partial charge in [-0.3, -0.25) is 4.90 Å². The van der Waals surface area contributed by atoms with E-state index in [-0.39, 0.29) is 0 Å². The second-order valence-corrected chi connectivity index (χ2v) is 10.1. The highest BCUT2D eigenvalue weighted by Gasteiger charge is 2.41. The zero-order valence-corrected chi connectivity index (χ0v) is 17.7. The van der Waals surface area contributed by atoms with E-state index in [4.69, 9.17) is 4.98 Å². The molecule has 0 radical (unpaired) electrons. The summed E-state index contributed by atoms with van der Waals surface area (Å²) in [6, 6.07) is 8.56. The molecule has 1 unspecified atom stereocenters. The van der Waals surface area contributed by atoms with Crippen LogP contribution >= 0.6 is 0 Å². The highest BCUT2D eigenvalue weighted by molar-refractivity contribution is 5.75. The molecular formula is C23H36N4. The van der Waals surface area contributed by atoms with Crippen LogP contribution in [0.15, 0.2) is 24.3 Å². The van der Waals surface area contributed by atoms with Crippen LogP contribution in [0.4, 0.5) is 0 Å². The lowest BCUT2D eigenvalue weighted by Crippen LogP contribution is -2.47. The van der Waals surface area contributed by atoms with Crippen molar-refractivity contribution < 1.29 is 0 Å². The van der Waals surface area contributed by atoms with Gasteiger partial charge in [0.25, 0.3) is 0 Å². The summed E-state index contributed by atoms with van der Waals surface area (Å²) in [5.41, 5.74) is 3.31. The van der Waals surface area contributed by atoms with Crippen molar-refractivity contribution in [2.75, 3.05) is 32.7 Å². The minimum Gasteiger partial charge on any atom is -0.327 e. The second-order valence-electron chi connectivity index (χ2n) is 10.1. The molecule has 2 saturated heterocycles. The molecule has 148 valence electrons. The van der Waals surface area contributed by atoms with Crippen LogP contribution < -0.4 is 0 Å². The third kappa shape index (κ3) is 4.07. The minimum atomic E-state index is 0.392. The number of aromatic nitrogens is 2. The molecular weight excluding hydrogens is 332 g/mol. The number of nitrogens with zero attached hydrogens (tertiary/aromatic N) is 4. The summed E-state index contributed by atoms with van der Waals surface area (Å²) in [6.45, 7) is 17.6. The monoisotopic (exact) mass is 368 g/mol. The summed E-state index contributed by atoms with van der Waals surface area (Å²) in [7, 11) is 0. The van der Waals surface area contributed by atoms with Crippen LogP contribution in [-0.2, 0) is 13.1 Å². The van der Waals surface area contributed by atoms with Gasteiger partial charge in [0.15, 0.2) is 0 Å². The van der Waals surface area contributed by atoms with Gasteiger partial charge in [-0.2, -0.15) is 0 Å². The minimum absolute atomic E-state index is 0.392. The molecule has 1 aromatic carbocycles. The summed E-state index contributed by atoms with van der Waals surface area (Å²) in [6.07, 6.45) is 4.10. The third-order valence-corrected chi connectivity index (χ3v) is 6.37. The largest absolute Gasteiger partial charge is 0.327 e. The molecule has 4 heteroatoms. The van der Waals surface area contributed by atoms with Gasteiger partial charge < -0.3 is 9.47 Å². The third-order valence-electron chi connectivity index (χ3n) is 6.37. The Morgan fingerprint density at radius 2 is 1.81 bits per heavy atom. The van der Waals surface area contributed by atoms with Gasteiger partial charge in [0.05, 0.1) is 17.6 Å². The van der Waals surface area contributed by atoms with Crippen molar-refractivity contribution in [2.24, 2.45) is 10.8 Å². The first-order chi connectivity index (χ1) is 12.9. The van der Waals surface area contributed by atoms with Crippen molar-refractivity contribution in [1.29, 1.82) is 0 Å². The summed E-state index contributed by atoms with van der Waals surface area (Å²) in [4.78, 5) is 10.3. The first kappa shape index (κ1) is 18.9. The van der Waals surface area contributed by atoms with Gasteiger partial charge in [-0.1, -0.05) is 32.9 Å². The van der Waals surface area contributed by atoms with E-state index in [1.165, 1.54) is 63.3 Å². The predicted octanol–water partition coefficient (Wildman–Crippen LogP) is 4.39. The van der Waals surface area contributed by atoms with Crippen LogP contribution in [0.5, 0.6) is 0 Å². The van der Waals surface area contributed by atoms with E-state index in [0.717, 1.165) is 18.6 Å². The Kier molecular flexibility index (Phi) is 5.06. The number of hydrogen-bond acceptors (Lipinski definition) is 3. The molecule has 2 aromatic rings. The van der Waals surface area contributed by atoms with E-state index in [2.05, 4.69) is 66.3 Å². The quantitative estimate of drug-likeness (QED) is 0.800. The Bertz CT molecular complexity index is 787. The van der Waals surface area contributed by atoms with Gasteiger partial charge in [0.1, 0.15) is 5.82 Å². The highest BCUT2D eigenvalue weighted by Crippen LogP contribution is 2.40. The fourth-order valence-electron chi connectivity index (χ4n) is 5.41. The molecule has 1 spiro atoms. The van der Waals surface area contributed by atoms with Crippen molar-refractivity contribution in [1.82, 2.24) is 19.4 Å². The Balaban J connectivity index is 1.45. The van der Waals surface area contributed by atoms with Crippen molar-refractivity contribution in [3.05, 3.63) is 30.1 Å². The van der Waals surface area contributed by atoms with Gasteiger partial charge in [-0.15, -0.1) is 0 Å². The van der Waals surface area contributed by atoms with Crippen LogP contribution in [0.1, 0.15) is 52.8 Å². The number of fused-ring (bicyclic) bond motifs is 1. The number of aryl methyl sites for hydroxylation is 1. The van der Waals surface area contributed by atoms with Gasteiger partial charge in [0.2, 0.25) is 0 Å². The topological polar surface area (TPSA) is 24.3 Å². The van der Waals surface area contributed by atoms with Crippen molar-refractivity contribution in [3.8, 4) is 0 Å². The van der Waals surface area contributed by atoms with Crippen LogP contribution in [0.25, 0.3) is 11.0 Å². The Labute approximate surface area is 164 Å². The average molecular weight is 369 g/mol. The average Bonchev–Trinajstić information content (AvgIpc) is 3.14. The van der Waals surface area contributed by atoms with Crippen LogP contribution in [-0.4, -0.2) is 52.1 Å². The zero-order chi connectivity index (χ0) is 19.1. The number of likely N-dealkylation sites (tertiary alicyclic amines) is 2. The van der Waals surface area contributed by atoms with Crippen molar-refractivity contribution >= 4 is 11.0 Å². The highest BCUT2D eigenvalue weighted by atomic mass is 15.2. The van der Waals surface area contributed by atoms with E-state index in [1.807, 2.05) is 0 Å². The summed E-state index contributed by atoms with van der Waals surface area (Å²) in [5.74, 6) is 1.23. The van der Waals surface area contributed by atoms with E-state index < -0.39 is 0 Å². The smallest absolute Gasteiger partial charge is 0.124 e. The molecule has 0 N–H and O–H groups in total. The maximum atomic E-state index is 4.95. The predicted molar refractivity (Wildman–Crippen MR) is 113 cm³/mol. The number of hydrogen-bond donors (Lipinski definition) is 0. The lowest BCUT2D eigenvalue weighted by molar-refractivity contribution is 0.0670. The molecule has 4 rings (SSSR count). The second kappa shape index (κ2) is 7.21. The Morgan fingerprint density at radius 3 is 2.59 bits per heavy atom. The molecule has 1 aromatic heterocycles. The molecule has 1 atom stereocenters. The SMILES string of the molecule is CCn1c(CN2CCC3(CCCN(CC(C)(C)C)C3)C2)nc2ccccc21. The Hall–Kier alpha value is -1.39. The number of piperidine rings is 1. The molecule has 27 heavy (non-hydrogen) atoms. The number of para-hydroxylation sites is 2. The molecule has 2 aliphatic rings. The number of rotatable bonds is 4. The van der Waals surface area contributed by atoms with Gasteiger partial charge in [-0.25, -0.2) is 4.98 Å². The summed E-state index contributed by atoms with van der Waals surface area (Å²) < 4.78 is 2.40. The Morgan fingerprint density at radius 1 is 1.04 bits per heavy atom. The lowest BCUT2D eigenvalue weighted by atomic mass is 9.78. The van der Waals surface area contributed by atoms with Crippen LogP contribution in [0.2, 0.25) is 0 Å². The van der Waals surface area contributed by atoms with E-state index in [1.54, 1.807) is 0 Å². The standard InChI is InChI=1S/C23H36N4/c1-5-27-20-10-7-6-9-19(20)24-21(27)15-25-14-12-23(17-25)11-8-13-26(18-23)16-22(2,3)4/h6-7,9-10H,5,8,11-18H2,1-4H3. The molecule has 0 saturated carbocycles. The maximum absolute atomic E-state index is 4.95. The fourth-order valence-corrected chi connectivity index (χ4v) is 5.41. The molecule has 0 bridgehead atoms. The van der Waals surface area contributed by atoms with Gasteiger partial charge >= 0.3 is 0 Å². The zero-order valence-electron chi connectivity index (χ0n) is 17.7. The van der Waals surface area contributed by atoms with E-state index in [9.17, 15) is 0 Å². The van der Waals surface area contributed by atoms with Crippen molar-refractivity contribution in [2.45, 2.75) is 60.0 Å². The van der Waals surface area contributed by atoms with E-state index >= 15 is 0 Å².